The second-order valence-electron chi connectivity index (χ2n) is 5.22. The van der Waals surface area contributed by atoms with Crippen LogP contribution >= 0.6 is 0 Å². The van der Waals surface area contributed by atoms with E-state index in [9.17, 15) is 4.79 Å². The summed E-state index contributed by atoms with van der Waals surface area (Å²) in [4.78, 5) is 11.6. The highest BCUT2D eigenvalue weighted by molar-refractivity contribution is 5.78. The van der Waals surface area contributed by atoms with E-state index < -0.39 is 0 Å². The molecule has 0 aliphatic heterocycles. The fourth-order valence-electron chi connectivity index (χ4n) is 2.27. The Morgan fingerprint density at radius 3 is 2.27 bits per heavy atom. The maximum absolute atomic E-state index is 11.6. The Bertz CT molecular complexity index is 222. The van der Waals surface area contributed by atoms with Crippen LogP contribution < -0.4 is 11.1 Å². The minimum Gasteiger partial charge on any atom is -0.356 e. The third kappa shape index (κ3) is 2.94. The monoisotopic (exact) mass is 210 g/mol. The van der Waals surface area contributed by atoms with Crippen LogP contribution in [0.5, 0.6) is 0 Å². The topological polar surface area (TPSA) is 55.1 Å². The molecule has 15 heavy (non-hydrogen) atoms. The predicted molar refractivity (Wildman–Crippen MR) is 60.2 cm³/mol. The average molecular weight is 210 g/mol. The number of carbonyl (C=O) groups is 1. The molecule has 0 spiro atoms. The summed E-state index contributed by atoms with van der Waals surface area (Å²) in [6.07, 6.45) is 5.51. The molecule has 86 valence electrons. The zero-order valence-electron chi connectivity index (χ0n) is 9.54. The van der Waals surface area contributed by atoms with Gasteiger partial charge in [0.15, 0.2) is 0 Å². The van der Waals surface area contributed by atoms with Gasteiger partial charge in [-0.1, -0.05) is 6.92 Å². The molecule has 2 saturated carbocycles. The van der Waals surface area contributed by atoms with Gasteiger partial charge in [0.05, 0.1) is 0 Å². The number of hydrogen-bond acceptors (Lipinski definition) is 2. The molecule has 1 unspecified atom stereocenters. The lowest BCUT2D eigenvalue weighted by atomic mass is 9.97. The van der Waals surface area contributed by atoms with Gasteiger partial charge in [-0.3, -0.25) is 4.79 Å². The number of nitrogens with one attached hydrogen (secondary N) is 1. The summed E-state index contributed by atoms with van der Waals surface area (Å²) < 4.78 is 0. The van der Waals surface area contributed by atoms with Crippen LogP contribution in [0.1, 0.15) is 32.6 Å². The van der Waals surface area contributed by atoms with Crippen molar-refractivity contribution in [1.82, 2.24) is 5.32 Å². The van der Waals surface area contributed by atoms with E-state index in [4.69, 9.17) is 5.73 Å². The SMILES string of the molecule is CC(CN)C(=O)NCC(C1CC1)C1CC1. The lowest BCUT2D eigenvalue weighted by molar-refractivity contribution is -0.124. The fraction of sp³-hybridized carbons (Fsp3) is 0.917. The number of rotatable bonds is 6. The van der Waals surface area contributed by atoms with Gasteiger partial charge in [0.2, 0.25) is 5.91 Å². The van der Waals surface area contributed by atoms with E-state index in [1.165, 1.54) is 25.7 Å². The van der Waals surface area contributed by atoms with Gasteiger partial charge < -0.3 is 11.1 Å². The first-order valence-corrected chi connectivity index (χ1v) is 6.20. The summed E-state index contributed by atoms with van der Waals surface area (Å²) in [5.41, 5.74) is 5.46. The molecule has 3 N–H and O–H groups in total. The first-order valence-electron chi connectivity index (χ1n) is 6.20. The molecule has 3 heteroatoms. The highest BCUT2D eigenvalue weighted by atomic mass is 16.1. The number of nitrogens with two attached hydrogens (primary N) is 1. The van der Waals surface area contributed by atoms with Crippen molar-refractivity contribution < 1.29 is 4.79 Å². The van der Waals surface area contributed by atoms with Gasteiger partial charge in [-0.05, 0) is 43.4 Å². The predicted octanol–water partition coefficient (Wildman–Crippen LogP) is 1.13. The minimum absolute atomic E-state index is 0.0379. The van der Waals surface area contributed by atoms with Crippen LogP contribution in [0.3, 0.4) is 0 Å². The summed E-state index contributed by atoms with van der Waals surface area (Å²) >= 11 is 0. The maximum Gasteiger partial charge on any atom is 0.224 e. The lowest BCUT2D eigenvalue weighted by Crippen LogP contribution is -2.37. The van der Waals surface area contributed by atoms with Crippen LogP contribution in [-0.2, 0) is 4.79 Å². The molecule has 0 aromatic heterocycles. The van der Waals surface area contributed by atoms with Crippen LogP contribution in [0.15, 0.2) is 0 Å². The molecule has 2 fully saturated rings. The van der Waals surface area contributed by atoms with Crippen LogP contribution in [-0.4, -0.2) is 19.0 Å². The van der Waals surface area contributed by atoms with E-state index >= 15 is 0 Å². The molecule has 0 radical (unpaired) electrons. The van der Waals surface area contributed by atoms with Crippen LogP contribution in [0.4, 0.5) is 0 Å². The number of amides is 1. The first-order chi connectivity index (χ1) is 7.22. The third-order valence-electron chi connectivity index (χ3n) is 3.77. The summed E-state index contributed by atoms with van der Waals surface area (Å²) in [5, 5.41) is 3.06. The smallest absolute Gasteiger partial charge is 0.224 e. The summed E-state index contributed by atoms with van der Waals surface area (Å²) in [6, 6.07) is 0. The quantitative estimate of drug-likeness (QED) is 0.690. The highest BCUT2D eigenvalue weighted by Crippen LogP contribution is 2.48. The summed E-state index contributed by atoms with van der Waals surface area (Å²) in [7, 11) is 0. The van der Waals surface area contributed by atoms with Crippen molar-refractivity contribution >= 4 is 5.91 Å². The summed E-state index contributed by atoms with van der Waals surface area (Å²) in [6.45, 7) is 3.22. The number of carbonyl (C=O) groups excluding carboxylic acids is 1. The van der Waals surface area contributed by atoms with E-state index in [2.05, 4.69) is 5.32 Å². The molecule has 3 nitrogen and oxygen atoms in total. The van der Waals surface area contributed by atoms with Gasteiger partial charge in [0.1, 0.15) is 0 Å². The van der Waals surface area contributed by atoms with Gasteiger partial charge in [-0.25, -0.2) is 0 Å². The Kier molecular flexibility index (Phi) is 3.29. The Balaban J connectivity index is 1.72. The Morgan fingerprint density at radius 1 is 1.33 bits per heavy atom. The zero-order valence-corrected chi connectivity index (χ0v) is 9.54. The largest absolute Gasteiger partial charge is 0.356 e. The van der Waals surface area contributed by atoms with Crippen LogP contribution in [0.25, 0.3) is 0 Å². The summed E-state index contributed by atoms with van der Waals surface area (Å²) in [5.74, 6) is 2.67. The molecule has 0 aromatic rings. The average Bonchev–Trinajstić information content (AvgIpc) is 3.07. The van der Waals surface area contributed by atoms with Gasteiger partial charge >= 0.3 is 0 Å². The molecule has 0 bridgehead atoms. The van der Waals surface area contributed by atoms with E-state index in [1.807, 2.05) is 6.92 Å². The second-order valence-corrected chi connectivity index (χ2v) is 5.22. The maximum atomic E-state index is 11.6. The molecule has 2 rings (SSSR count). The third-order valence-corrected chi connectivity index (χ3v) is 3.77. The lowest BCUT2D eigenvalue weighted by Gasteiger charge is -2.17. The van der Waals surface area contributed by atoms with Crippen LogP contribution in [0, 0.1) is 23.7 Å². The van der Waals surface area contributed by atoms with Crippen molar-refractivity contribution in [3.05, 3.63) is 0 Å². The van der Waals surface area contributed by atoms with Gasteiger partial charge in [-0.15, -0.1) is 0 Å². The fourth-order valence-corrected chi connectivity index (χ4v) is 2.27. The molecule has 1 atom stereocenters. The van der Waals surface area contributed by atoms with Gasteiger partial charge in [0, 0.05) is 19.0 Å². The zero-order chi connectivity index (χ0) is 10.8. The molecular weight excluding hydrogens is 188 g/mol. The Labute approximate surface area is 91.8 Å². The number of hydrogen-bond donors (Lipinski definition) is 2. The standard InChI is InChI=1S/C12H22N2O/c1-8(6-13)12(15)14-7-11(9-2-3-9)10-4-5-10/h8-11H,2-7,13H2,1H3,(H,14,15). The highest BCUT2D eigenvalue weighted by Gasteiger charge is 2.41. The molecule has 0 aromatic carbocycles. The van der Waals surface area contributed by atoms with E-state index in [0.29, 0.717) is 6.54 Å². The van der Waals surface area contributed by atoms with Crippen LogP contribution in [0.2, 0.25) is 0 Å². The molecule has 1 amide bonds. The van der Waals surface area contributed by atoms with Gasteiger partial charge in [0.25, 0.3) is 0 Å². The normalized spacial score (nSPS) is 22.9. The van der Waals surface area contributed by atoms with E-state index in [0.717, 1.165) is 24.3 Å². The molecule has 2 aliphatic carbocycles. The molecule has 0 saturated heterocycles. The minimum atomic E-state index is -0.0379. The van der Waals surface area contributed by atoms with E-state index in [1.54, 1.807) is 0 Å². The van der Waals surface area contributed by atoms with Crippen molar-refractivity contribution in [3.63, 3.8) is 0 Å². The van der Waals surface area contributed by atoms with Crippen molar-refractivity contribution in [3.8, 4) is 0 Å². The Hall–Kier alpha value is -0.570. The Morgan fingerprint density at radius 2 is 1.87 bits per heavy atom. The van der Waals surface area contributed by atoms with Crippen molar-refractivity contribution in [1.29, 1.82) is 0 Å². The molecule has 2 aliphatic rings. The van der Waals surface area contributed by atoms with Gasteiger partial charge in [-0.2, -0.15) is 0 Å². The van der Waals surface area contributed by atoms with Crippen molar-refractivity contribution in [2.24, 2.45) is 29.4 Å². The molecular formula is C12H22N2O. The van der Waals surface area contributed by atoms with E-state index in [-0.39, 0.29) is 11.8 Å². The first kappa shape index (κ1) is 10.9. The second kappa shape index (κ2) is 4.52. The van der Waals surface area contributed by atoms with Crippen molar-refractivity contribution in [2.45, 2.75) is 32.6 Å². The molecule has 0 heterocycles. The van der Waals surface area contributed by atoms with Crippen molar-refractivity contribution in [2.75, 3.05) is 13.1 Å².